The summed E-state index contributed by atoms with van der Waals surface area (Å²) in [5.41, 5.74) is 2.01. The first kappa shape index (κ1) is 26.8. The molecule has 5 heterocycles. The molecule has 1 saturated heterocycles. The van der Waals surface area contributed by atoms with Gasteiger partial charge in [0, 0.05) is 43.5 Å². The van der Waals surface area contributed by atoms with E-state index in [9.17, 15) is 13.2 Å². The fourth-order valence-corrected chi connectivity index (χ4v) is 5.11. The molecule has 0 bridgehead atoms. The second-order valence-corrected chi connectivity index (χ2v) is 12.3. The smallest absolute Gasteiger partial charge is 0.257 e. The monoisotopic (exact) mass is 553 g/mol. The van der Waals surface area contributed by atoms with Gasteiger partial charge in [-0.15, -0.1) is 0 Å². The molecule has 2 aliphatic heterocycles. The lowest BCUT2D eigenvalue weighted by Gasteiger charge is -2.31. The molecule has 0 aliphatic carbocycles. The SMILES string of the molecule is CC(=O)Nc1cc(Nc2cc([C@@H]3CCCOC3)cc(S(C)(=O)=O)n2)c(-c2ccc3c(n2)OCC(C)(C)O3)cn1. The molecular weight excluding hydrogens is 522 g/mol. The van der Waals surface area contributed by atoms with Gasteiger partial charge in [-0.3, -0.25) is 4.79 Å². The molecule has 0 saturated carbocycles. The highest BCUT2D eigenvalue weighted by molar-refractivity contribution is 7.90. The van der Waals surface area contributed by atoms with Crippen LogP contribution in [0.15, 0.2) is 41.6 Å². The van der Waals surface area contributed by atoms with Crippen LogP contribution in [0.25, 0.3) is 11.3 Å². The molecule has 11 nitrogen and oxygen atoms in total. The number of amides is 1. The molecule has 2 aliphatic rings. The molecule has 1 amide bonds. The zero-order valence-electron chi connectivity index (χ0n) is 22.3. The van der Waals surface area contributed by atoms with E-state index in [1.807, 2.05) is 19.9 Å². The van der Waals surface area contributed by atoms with Crippen LogP contribution in [0.5, 0.6) is 11.6 Å². The average Bonchev–Trinajstić information content (AvgIpc) is 2.88. The number of hydrogen-bond acceptors (Lipinski definition) is 10. The number of rotatable bonds is 6. The average molecular weight is 554 g/mol. The summed E-state index contributed by atoms with van der Waals surface area (Å²) in [7, 11) is -3.59. The van der Waals surface area contributed by atoms with Gasteiger partial charge in [-0.05, 0) is 56.5 Å². The zero-order valence-corrected chi connectivity index (χ0v) is 23.1. The Hall–Kier alpha value is -3.77. The first-order valence-electron chi connectivity index (χ1n) is 12.6. The highest BCUT2D eigenvalue weighted by Crippen LogP contribution is 2.38. The van der Waals surface area contributed by atoms with Gasteiger partial charge >= 0.3 is 0 Å². The van der Waals surface area contributed by atoms with Gasteiger partial charge in [0.1, 0.15) is 23.8 Å². The number of aromatic nitrogens is 3. The van der Waals surface area contributed by atoms with Gasteiger partial charge < -0.3 is 24.8 Å². The molecule has 0 unspecified atom stereocenters. The van der Waals surface area contributed by atoms with E-state index in [4.69, 9.17) is 14.2 Å². The molecule has 3 aromatic rings. The number of carbonyl (C=O) groups is 1. The minimum atomic E-state index is -3.59. The molecular formula is C27H31N5O6S. The molecule has 1 fully saturated rings. The van der Waals surface area contributed by atoms with Crippen molar-refractivity contribution < 1.29 is 27.4 Å². The molecule has 39 heavy (non-hydrogen) atoms. The van der Waals surface area contributed by atoms with Crippen molar-refractivity contribution >= 4 is 33.1 Å². The topological polar surface area (TPSA) is 142 Å². The molecule has 0 radical (unpaired) electrons. The third-order valence-corrected chi connectivity index (χ3v) is 7.32. The first-order valence-corrected chi connectivity index (χ1v) is 14.5. The van der Waals surface area contributed by atoms with Crippen molar-refractivity contribution in [2.24, 2.45) is 0 Å². The summed E-state index contributed by atoms with van der Waals surface area (Å²) in [6.07, 6.45) is 4.49. The van der Waals surface area contributed by atoms with E-state index in [1.165, 1.54) is 6.92 Å². The van der Waals surface area contributed by atoms with Gasteiger partial charge in [-0.25, -0.2) is 23.4 Å². The second kappa shape index (κ2) is 10.4. The second-order valence-electron chi connectivity index (χ2n) is 10.4. The summed E-state index contributed by atoms with van der Waals surface area (Å²) in [5.74, 6) is 1.32. The van der Waals surface area contributed by atoms with Gasteiger partial charge in [0.2, 0.25) is 5.91 Å². The Morgan fingerprint density at radius 3 is 2.67 bits per heavy atom. The van der Waals surface area contributed by atoms with E-state index in [-0.39, 0.29) is 16.9 Å². The highest BCUT2D eigenvalue weighted by atomic mass is 32.2. The Labute approximate surface area is 227 Å². The maximum Gasteiger partial charge on any atom is 0.257 e. The molecule has 0 aromatic carbocycles. The van der Waals surface area contributed by atoms with Crippen LogP contribution in [0, 0.1) is 0 Å². The molecule has 2 N–H and O–H groups in total. The van der Waals surface area contributed by atoms with Crippen molar-refractivity contribution in [1.82, 2.24) is 15.0 Å². The quantitative estimate of drug-likeness (QED) is 0.458. The van der Waals surface area contributed by atoms with Crippen LogP contribution in [0.2, 0.25) is 0 Å². The van der Waals surface area contributed by atoms with Crippen LogP contribution in [-0.2, 0) is 19.4 Å². The summed E-state index contributed by atoms with van der Waals surface area (Å²) in [5, 5.41) is 5.89. The number of fused-ring (bicyclic) bond motifs is 1. The van der Waals surface area contributed by atoms with Gasteiger partial charge in [0.15, 0.2) is 20.6 Å². The van der Waals surface area contributed by atoms with E-state index < -0.39 is 15.4 Å². The van der Waals surface area contributed by atoms with Gasteiger partial charge in [-0.2, -0.15) is 0 Å². The molecule has 12 heteroatoms. The third-order valence-electron chi connectivity index (χ3n) is 6.35. The van der Waals surface area contributed by atoms with E-state index in [2.05, 4.69) is 25.6 Å². The molecule has 206 valence electrons. The summed E-state index contributed by atoms with van der Waals surface area (Å²) >= 11 is 0. The fraction of sp³-hybridized carbons (Fsp3) is 0.407. The Morgan fingerprint density at radius 2 is 1.95 bits per heavy atom. The lowest BCUT2D eigenvalue weighted by Crippen LogP contribution is -2.39. The van der Waals surface area contributed by atoms with Crippen LogP contribution in [0.1, 0.15) is 45.1 Å². The van der Waals surface area contributed by atoms with E-state index in [0.717, 1.165) is 24.7 Å². The Kier molecular flexibility index (Phi) is 7.17. The van der Waals surface area contributed by atoms with Crippen molar-refractivity contribution in [1.29, 1.82) is 0 Å². The number of nitrogens with one attached hydrogen (secondary N) is 2. The number of sulfone groups is 1. The lowest BCUT2D eigenvalue weighted by atomic mass is 9.94. The van der Waals surface area contributed by atoms with E-state index in [0.29, 0.717) is 60.0 Å². The third kappa shape index (κ3) is 6.28. The Morgan fingerprint density at radius 1 is 1.13 bits per heavy atom. The van der Waals surface area contributed by atoms with Crippen LogP contribution in [-0.4, -0.2) is 61.0 Å². The minimum Gasteiger partial charge on any atom is -0.479 e. The predicted molar refractivity (Wildman–Crippen MR) is 145 cm³/mol. The van der Waals surface area contributed by atoms with Crippen LogP contribution >= 0.6 is 0 Å². The van der Waals surface area contributed by atoms with Crippen LogP contribution < -0.4 is 20.1 Å². The van der Waals surface area contributed by atoms with Crippen molar-refractivity contribution in [3.05, 3.63) is 42.1 Å². The van der Waals surface area contributed by atoms with Crippen molar-refractivity contribution in [2.45, 2.75) is 50.2 Å². The summed E-state index contributed by atoms with van der Waals surface area (Å²) in [4.78, 5) is 25.1. The van der Waals surface area contributed by atoms with E-state index in [1.54, 1.807) is 30.5 Å². The number of nitrogens with zero attached hydrogens (tertiary/aromatic N) is 3. The number of anilines is 3. The van der Waals surface area contributed by atoms with Crippen molar-refractivity contribution in [2.75, 3.05) is 36.7 Å². The number of pyridine rings is 3. The minimum absolute atomic E-state index is 0.0363. The zero-order chi connectivity index (χ0) is 27.8. The maximum atomic E-state index is 12.5. The molecule has 3 aromatic heterocycles. The van der Waals surface area contributed by atoms with Crippen molar-refractivity contribution in [3.63, 3.8) is 0 Å². The maximum absolute atomic E-state index is 12.5. The normalized spacial score (nSPS) is 18.3. The molecule has 1 atom stereocenters. The van der Waals surface area contributed by atoms with Gasteiger partial charge in [0.25, 0.3) is 5.88 Å². The number of carbonyl (C=O) groups excluding carboxylic acids is 1. The van der Waals surface area contributed by atoms with Crippen LogP contribution in [0.4, 0.5) is 17.3 Å². The Bertz CT molecular complexity index is 1520. The van der Waals surface area contributed by atoms with Crippen molar-refractivity contribution in [3.8, 4) is 22.9 Å². The fourth-order valence-electron chi connectivity index (χ4n) is 4.50. The standard InChI is InChI=1S/C27H31N5O6S/c1-16(33)29-23-12-21(19(13-28-23)20-7-8-22-26(31-20)37-15-27(2,3)38-22)30-24-10-18(17-6-5-9-36-14-17)11-25(32-24)39(4,34)35/h7-8,10-13,17H,5-6,9,14-15H2,1-4H3,(H2,28,29,30,32,33)/t17-/m1/s1. The summed E-state index contributed by atoms with van der Waals surface area (Å²) in [6.45, 7) is 6.80. The number of hydrogen-bond donors (Lipinski definition) is 2. The van der Waals surface area contributed by atoms with E-state index >= 15 is 0 Å². The molecule has 0 spiro atoms. The predicted octanol–water partition coefficient (Wildman–Crippen LogP) is 4.09. The first-order chi connectivity index (χ1) is 18.5. The highest BCUT2D eigenvalue weighted by Gasteiger charge is 2.29. The Balaban J connectivity index is 1.57. The van der Waals surface area contributed by atoms with Gasteiger partial charge in [0.05, 0.1) is 18.0 Å². The largest absolute Gasteiger partial charge is 0.479 e. The molecule has 5 rings (SSSR count). The van der Waals surface area contributed by atoms with Crippen LogP contribution in [0.3, 0.4) is 0 Å². The number of ether oxygens (including phenoxy) is 3. The summed E-state index contributed by atoms with van der Waals surface area (Å²) < 4.78 is 42.5. The summed E-state index contributed by atoms with van der Waals surface area (Å²) in [6, 6.07) is 8.66. The van der Waals surface area contributed by atoms with Gasteiger partial charge in [-0.1, -0.05) is 0 Å². The lowest BCUT2D eigenvalue weighted by molar-refractivity contribution is -0.114.